The molecule has 1 aromatic rings. The van der Waals surface area contributed by atoms with Crippen molar-refractivity contribution in [1.82, 2.24) is 31.1 Å². The molecular weight excluding hydrogens is 724 g/mol. The van der Waals surface area contributed by atoms with Gasteiger partial charge in [0.05, 0.1) is 31.7 Å². The first-order valence-corrected chi connectivity index (χ1v) is 19.8. The van der Waals surface area contributed by atoms with Crippen LogP contribution in [0.15, 0.2) is 30.3 Å². The number of ketones is 1. The number of esters is 1. The fraction of sp³-hybridized carbons (Fsp3) is 0.650. The van der Waals surface area contributed by atoms with Gasteiger partial charge in [0, 0.05) is 26.6 Å². The Morgan fingerprint density at radius 2 is 1.57 bits per heavy atom. The van der Waals surface area contributed by atoms with Gasteiger partial charge in [0.25, 0.3) is 5.91 Å². The van der Waals surface area contributed by atoms with E-state index in [1.165, 1.54) is 9.80 Å². The Bertz CT molecular complexity index is 1600. The third-order valence-electron chi connectivity index (χ3n) is 10.6. The first-order valence-electron chi connectivity index (χ1n) is 19.8. The number of Topliss-reactive ketones (excluding diaryl/α,β-unsaturated/α-hetero) is 1. The Hall–Kier alpha value is -5.02. The number of amides is 6. The van der Waals surface area contributed by atoms with E-state index in [0.29, 0.717) is 24.8 Å². The zero-order valence-electron chi connectivity index (χ0n) is 33.3. The number of likely N-dealkylation sites (N-methyl/N-ethyl adjacent to an activating group) is 1. The van der Waals surface area contributed by atoms with Gasteiger partial charge in [-0.2, -0.15) is 0 Å². The maximum absolute atomic E-state index is 14.4. The van der Waals surface area contributed by atoms with Crippen LogP contribution in [0.2, 0.25) is 0 Å². The van der Waals surface area contributed by atoms with Gasteiger partial charge in [-0.1, -0.05) is 76.8 Å². The van der Waals surface area contributed by atoms with E-state index in [4.69, 9.17) is 9.47 Å². The predicted molar refractivity (Wildman–Crippen MR) is 203 cm³/mol. The number of alkyl carbamates (subject to hydrolysis) is 1. The lowest BCUT2D eigenvalue weighted by Crippen LogP contribution is -2.59. The van der Waals surface area contributed by atoms with Crippen molar-refractivity contribution in [3.63, 3.8) is 0 Å². The number of rotatable bonds is 18. The number of carbonyl (C=O) groups is 8. The molecule has 308 valence electrons. The quantitative estimate of drug-likeness (QED) is 0.126. The molecule has 4 N–H and O–H groups in total. The van der Waals surface area contributed by atoms with E-state index >= 15 is 0 Å². The van der Waals surface area contributed by atoms with Gasteiger partial charge in [0.1, 0.15) is 18.1 Å². The van der Waals surface area contributed by atoms with Crippen LogP contribution in [0.3, 0.4) is 0 Å². The second kappa shape index (κ2) is 20.2. The van der Waals surface area contributed by atoms with Gasteiger partial charge < -0.3 is 40.5 Å². The highest BCUT2D eigenvalue weighted by Crippen LogP contribution is 2.56. The van der Waals surface area contributed by atoms with E-state index in [2.05, 4.69) is 21.3 Å². The van der Waals surface area contributed by atoms with Crippen molar-refractivity contribution >= 4 is 47.4 Å². The molecule has 0 radical (unpaired) electrons. The van der Waals surface area contributed by atoms with E-state index < -0.39 is 89.9 Å². The molecule has 2 aliphatic carbocycles. The number of nitrogens with one attached hydrogen (secondary N) is 4. The van der Waals surface area contributed by atoms with Crippen molar-refractivity contribution in [2.75, 3.05) is 40.4 Å². The normalized spacial score (nSPS) is 21.7. The van der Waals surface area contributed by atoms with Crippen LogP contribution in [-0.4, -0.2) is 116 Å². The number of likely N-dealkylation sites (tertiary alicyclic amines) is 1. The minimum atomic E-state index is -1.31. The Balaban J connectivity index is 1.49. The maximum Gasteiger partial charge on any atom is 0.407 e. The first-order chi connectivity index (χ1) is 26.7. The Kier molecular flexibility index (Phi) is 15.8. The topological polar surface area (TPSA) is 210 Å². The number of hydrogen-bond donors (Lipinski definition) is 4. The molecule has 7 atom stereocenters. The summed E-state index contributed by atoms with van der Waals surface area (Å²) in [6.45, 7) is 6.98. The predicted octanol–water partition coefficient (Wildman–Crippen LogP) is 1.87. The van der Waals surface area contributed by atoms with E-state index in [1.54, 1.807) is 58.3 Å². The summed E-state index contributed by atoms with van der Waals surface area (Å²) in [7, 11) is 3.09. The summed E-state index contributed by atoms with van der Waals surface area (Å²) < 4.78 is 10.6. The van der Waals surface area contributed by atoms with Crippen molar-refractivity contribution in [3.05, 3.63) is 35.9 Å². The Morgan fingerprint density at radius 3 is 2.18 bits per heavy atom. The number of piperidine rings is 1. The second-order valence-corrected chi connectivity index (χ2v) is 15.5. The standard InChI is InChI=1S/C40H58N6O10/c1-7-15-27(34(48)36(50)41-20-28(47)43-31(37(51)45(5)6)24-16-11-9-12-17-24)42-35(49)33-29-26(30(29)39(53)55-8-2)21-46(33)38(52)32(25-18-13-10-14-19-25)44-40(54)56-22-23(3)4/h9,11-12,16-17,23,25-27,29-33H,7-8,10,13-15,18-22H2,1-6H3,(H,41,50)(H,42,49)(H,43,47)(H,44,54)/t26-,27?,29?,30+,31-,32-,33?/m0/s1. The largest absolute Gasteiger partial charge is 0.466 e. The number of hydrogen-bond acceptors (Lipinski definition) is 10. The summed E-state index contributed by atoms with van der Waals surface area (Å²) in [4.78, 5) is 110. The molecule has 16 nitrogen and oxygen atoms in total. The molecule has 1 aromatic carbocycles. The maximum atomic E-state index is 14.4. The van der Waals surface area contributed by atoms with Crippen LogP contribution in [0.25, 0.3) is 0 Å². The van der Waals surface area contributed by atoms with Crippen LogP contribution in [0.4, 0.5) is 4.79 Å². The molecule has 1 aliphatic heterocycles. The van der Waals surface area contributed by atoms with Crippen LogP contribution in [-0.2, 0) is 43.0 Å². The lowest BCUT2D eigenvalue weighted by molar-refractivity contribution is -0.149. The minimum Gasteiger partial charge on any atom is -0.466 e. The molecule has 1 saturated heterocycles. The average molecular weight is 783 g/mol. The molecule has 4 rings (SSSR count). The summed E-state index contributed by atoms with van der Waals surface area (Å²) in [6, 6.07) is 4.09. The van der Waals surface area contributed by atoms with Crippen LogP contribution in [0.5, 0.6) is 0 Å². The van der Waals surface area contributed by atoms with Crippen LogP contribution in [0, 0.1) is 29.6 Å². The van der Waals surface area contributed by atoms with Gasteiger partial charge in [0.15, 0.2) is 0 Å². The number of benzene rings is 1. The van der Waals surface area contributed by atoms with Gasteiger partial charge in [-0.05, 0) is 49.5 Å². The fourth-order valence-electron chi connectivity index (χ4n) is 7.79. The smallest absolute Gasteiger partial charge is 0.407 e. The van der Waals surface area contributed by atoms with Crippen molar-refractivity contribution in [2.45, 2.75) is 96.8 Å². The Morgan fingerprint density at radius 1 is 0.893 bits per heavy atom. The van der Waals surface area contributed by atoms with Crippen LogP contribution < -0.4 is 21.3 Å². The zero-order chi connectivity index (χ0) is 41.1. The van der Waals surface area contributed by atoms with Crippen molar-refractivity contribution in [1.29, 1.82) is 0 Å². The molecular formula is C40H58N6O10. The third-order valence-corrected chi connectivity index (χ3v) is 10.6. The molecule has 16 heteroatoms. The molecule has 6 amide bonds. The summed E-state index contributed by atoms with van der Waals surface area (Å²) in [5.74, 6) is -6.61. The zero-order valence-corrected chi connectivity index (χ0v) is 33.3. The van der Waals surface area contributed by atoms with E-state index in [1.807, 2.05) is 13.8 Å². The Labute approximate surface area is 328 Å². The van der Waals surface area contributed by atoms with E-state index in [0.717, 1.165) is 19.3 Å². The van der Waals surface area contributed by atoms with Gasteiger partial charge in [-0.25, -0.2) is 4.79 Å². The lowest BCUT2D eigenvalue weighted by Gasteiger charge is -2.36. The molecule has 3 aliphatic rings. The van der Waals surface area contributed by atoms with Gasteiger partial charge in [-0.3, -0.25) is 33.6 Å². The second-order valence-electron chi connectivity index (χ2n) is 15.5. The highest BCUT2D eigenvalue weighted by molar-refractivity contribution is 6.38. The third kappa shape index (κ3) is 11.1. The van der Waals surface area contributed by atoms with Gasteiger partial charge >= 0.3 is 12.1 Å². The fourth-order valence-corrected chi connectivity index (χ4v) is 7.79. The SMILES string of the molecule is CCCC(NC(=O)C1C2[C@H](CN1C(=O)[C@@H](NC(=O)OCC(C)C)C1CCCCC1)[C@H]2C(=O)OCC)C(=O)C(=O)NCC(=O)N[C@H](C(=O)N(C)C)c1ccccc1. The lowest BCUT2D eigenvalue weighted by atomic mass is 9.83. The van der Waals surface area contributed by atoms with Crippen LogP contribution >= 0.6 is 0 Å². The number of ether oxygens (including phenoxy) is 2. The molecule has 3 fully saturated rings. The summed E-state index contributed by atoms with van der Waals surface area (Å²) in [6.07, 6.45) is 3.89. The number of carbonyl (C=O) groups excluding carboxylic acids is 8. The van der Waals surface area contributed by atoms with Crippen molar-refractivity contribution in [2.24, 2.45) is 29.6 Å². The number of fused-ring (bicyclic) bond motifs is 1. The minimum absolute atomic E-state index is 0.0687. The molecule has 0 aromatic heterocycles. The monoisotopic (exact) mass is 782 g/mol. The summed E-state index contributed by atoms with van der Waals surface area (Å²) >= 11 is 0. The highest BCUT2D eigenvalue weighted by Gasteiger charge is 2.68. The van der Waals surface area contributed by atoms with E-state index in [-0.39, 0.29) is 43.9 Å². The summed E-state index contributed by atoms with van der Waals surface area (Å²) in [5, 5.41) is 10.4. The number of nitrogens with zero attached hydrogens (tertiary/aromatic N) is 2. The highest BCUT2D eigenvalue weighted by atomic mass is 16.5. The van der Waals surface area contributed by atoms with Crippen LogP contribution in [0.1, 0.15) is 84.2 Å². The molecule has 1 heterocycles. The first kappa shape index (κ1) is 43.7. The molecule has 0 spiro atoms. The summed E-state index contributed by atoms with van der Waals surface area (Å²) in [5.41, 5.74) is 0.530. The van der Waals surface area contributed by atoms with Crippen molar-refractivity contribution in [3.8, 4) is 0 Å². The molecule has 3 unspecified atom stereocenters. The van der Waals surface area contributed by atoms with Gasteiger partial charge in [0.2, 0.25) is 29.4 Å². The van der Waals surface area contributed by atoms with Crippen molar-refractivity contribution < 1.29 is 47.8 Å². The average Bonchev–Trinajstić information content (AvgIpc) is 3.75. The molecule has 2 saturated carbocycles. The molecule has 56 heavy (non-hydrogen) atoms. The van der Waals surface area contributed by atoms with Gasteiger partial charge in [-0.15, -0.1) is 0 Å². The molecule has 0 bridgehead atoms. The van der Waals surface area contributed by atoms with E-state index in [9.17, 15) is 38.4 Å².